The number of rotatable bonds is 8. The van der Waals surface area contributed by atoms with Gasteiger partial charge in [0.1, 0.15) is 11.4 Å². The molecule has 31 heavy (non-hydrogen) atoms. The van der Waals surface area contributed by atoms with E-state index in [0.717, 1.165) is 5.56 Å². The Balaban J connectivity index is 1.59. The van der Waals surface area contributed by atoms with Gasteiger partial charge < -0.3 is 5.32 Å². The van der Waals surface area contributed by atoms with Crippen molar-refractivity contribution in [1.82, 2.24) is 30.6 Å². The molecule has 9 nitrogen and oxygen atoms in total. The predicted octanol–water partition coefficient (Wildman–Crippen LogP) is 1.31. The lowest BCUT2D eigenvalue weighted by Crippen LogP contribution is -2.65. The summed E-state index contributed by atoms with van der Waals surface area (Å²) in [6.45, 7) is 0. The molecule has 0 radical (unpaired) electrons. The number of hydrogen-bond donors (Lipinski definition) is 2. The van der Waals surface area contributed by atoms with Crippen LogP contribution in [0.1, 0.15) is 28.9 Å². The Morgan fingerprint density at radius 1 is 1.26 bits per heavy atom. The zero-order chi connectivity index (χ0) is 21.9. The Morgan fingerprint density at radius 2 is 1.97 bits per heavy atom. The van der Waals surface area contributed by atoms with E-state index in [-0.39, 0.29) is 12.1 Å². The fourth-order valence-corrected chi connectivity index (χ4v) is 3.19. The smallest absolute Gasteiger partial charge is 0.275 e. The molecular weight excluding hydrogens is 401 g/mol. The molecule has 1 aliphatic rings. The number of amides is 1. The Morgan fingerprint density at radius 3 is 2.58 bits per heavy atom. The van der Waals surface area contributed by atoms with Crippen LogP contribution < -0.4 is 10.6 Å². The maximum absolute atomic E-state index is 13.1. The van der Waals surface area contributed by atoms with E-state index in [1.807, 2.05) is 0 Å². The summed E-state index contributed by atoms with van der Waals surface area (Å²) in [6, 6.07) is 11.1. The van der Waals surface area contributed by atoms with Gasteiger partial charge in [0.25, 0.3) is 5.91 Å². The van der Waals surface area contributed by atoms with Gasteiger partial charge >= 0.3 is 0 Å². The standard InChI is InChI=1S/C21H18FN7O2/c22-16-1-3-17(4-2-16)29-25-12-18(27-29)19(31)26-21(14-30,28-20(13-23)7-8-20)11-15-5-9-24-10-6-15/h1-6,9-10,12,14,28H,7-8,11H2,(H,26,31)/t21-/m1/s1. The number of nitriles is 1. The van der Waals surface area contributed by atoms with Crippen LogP contribution in [0.25, 0.3) is 5.69 Å². The molecule has 3 aromatic rings. The van der Waals surface area contributed by atoms with Crippen molar-refractivity contribution in [3.63, 3.8) is 0 Å². The number of halogens is 1. The molecule has 0 spiro atoms. The number of hydrogen-bond acceptors (Lipinski definition) is 7. The highest BCUT2D eigenvalue weighted by Gasteiger charge is 2.50. The summed E-state index contributed by atoms with van der Waals surface area (Å²) in [5, 5.41) is 23.3. The van der Waals surface area contributed by atoms with Crippen molar-refractivity contribution in [3.8, 4) is 11.8 Å². The van der Waals surface area contributed by atoms with E-state index in [1.165, 1.54) is 35.3 Å². The van der Waals surface area contributed by atoms with E-state index in [0.29, 0.717) is 24.8 Å². The first kappa shape index (κ1) is 20.3. The van der Waals surface area contributed by atoms with Gasteiger partial charge in [-0.3, -0.25) is 19.9 Å². The highest BCUT2D eigenvalue weighted by Crippen LogP contribution is 2.36. The molecule has 0 unspecified atom stereocenters. The third-order valence-corrected chi connectivity index (χ3v) is 4.98. The summed E-state index contributed by atoms with van der Waals surface area (Å²) in [4.78, 5) is 30.3. The first-order valence-corrected chi connectivity index (χ1v) is 9.53. The summed E-state index contributed by atoms with van der Waals surface area (Å²) in [5.74, 6) is -1.05. The number of carbonyl (C=O) groups excluding carboxylic acids is 2. The average molecular weight is 419 g/mol. The van der Waals surface area contributed by atoms with Crippen molar-refractivity contribution in [2.24, 2.45) is 0 Å². The predicted molar refractivity (Wildman–Crippen MR) is 106 cm³/mol. The van der Waals surface area contributed by atoms with Crippen LogP contribution in [0.3, 0.4) is 0 Å². The second kappa shape index (κ2) is 8.04. The Labute approximate surface area is 176 Å². The molecule has 0 aliphatic heterocycles. The zero-order valence-electron chi connectivity index (χ0n) is 16.3. The number of benzene rings is 1. The fourth-order valence-electron chi connectivity index (χ4n) is 3.19. The molecule has 2 aromatic heterocycles. The van der Waals surface area contributed by atoms with Gasteiger partial charge in [0.2, 0.25) is 0 Å². The Bertz CT molecular complexity index is 1140. The van der Waals surface area contributed by atoms with Crippen LogP contribution in [0.2, 0.25) is 0 Å². The SMILES string of the molecule is N#CC1(N[C@@](C=O)(Cc2ccncc2)NC(=O)c2cnn(-c3ccc(F)cc3)n2)CC1. The van der Waals surface area contributed by atoms with Crippen molar-refractivity contribution in [2.75, 3.05) is 0 Å². The van der Waals surface area contributed by atoms with Crippen molar-refractivity contribution in [3.05, 3.63) is 72.1 Å². The van der Waals surface area contributed by atoms with Crippen molar-refractivity contribution < 1.29 is 14.0 Å². The number of aldehydes is 1. The first-order valence-electron chi connectivity index (χ1n) is 9.53. The van der Waals surface area contributed by atoms with Gasteiger partial charge in [-0.05, 0) is 54.8 Å². The van der Waals surface area contributed by atoms with E-state index in [2.05, 4.69) is 31.9 Å². The summed E-state index contributed by atoms with van der Waals surface area (Å²) in [6.07, 6.45) is 6.26. The molecule has 10 heteroatoms. The van der Waals surface area contributed by atoms with Gasteiger partial charge in [-0.1, -0.05) is 0 Å². The number of nitrogens with zero attached hydrogens (tertiary/aromatic N) is 5. The lowest BCUT2D eigenvalue weighted by molar-refractivity contribution is -0.114. The minimum atomic E-state index is -1.52. The Kier molecular flexibility index (Phi) is 5.27. The van der Waals surface area contributed by atoms with Gasteiger partial charge in [-0.2, -0.15) is 15.2 Å². The van der Waals surface area contributed by atoms with Gasteiger partial charge in [-0.15, -0.1) is 5.10 Å². The summed E-state index contributed by atoms with van der Waals surface area (Å²) in [5.41, 5.74) is -1.21. The topological polar surface area (TPSA) is 126 Å². The molecule has 1 aliphatic carbocycles. The van der Waals surface area contributed by atoms with Crippen LogP contribution in [0.15, 0.2) is 55.0 Å². The highest BCUT2D eigenvalue weighted by atomic mass is 19.1. The van der Waals surface area contributed by atoms with E-state index in [1.54, 1.807) is 24.5 Å². The molecular formula is C21H18FN7O2. The van der Waals surface area contributed by atoms with Gasteiger partial charge in [0, 0.05) is 18.8 Å². The van der Waals surface area contributed by atoms with Crippen LogP contribution in [0, 0.1) is 17.1 Å². The first-order chi connectivity index (χ1) is 15.0. The monoisotopic (exact) mass is 419 g/mol. The second-order valence-corrected chi connectivity index (χ2v) is 7.39. The van der Waals surface area contributed by atoms with E-state index in [4.69, 9.17) is 0 Å². The summed E-state index contributed by atoms with van der Waals surface area (Å²) in [7, 11) is 0. The van der Waals surface area contributed by atoms with Crippen LogP contribution in [0.5, 0.6) is 0 Å². The maximum Gasteiger partial charge on any atom is 0.275 e. The molecule has 156 valence electrons. The lowest BCUT2D eigenvalue weighted by Gasteiger charge is -2.32. The Hall–Kier alpha value is -3.97. The number of pyridine rings is 1. The van der Waals surface area contributed by atoms with E-state index < -0.39 is 22.9 Å². The van der Waals surface area contributed by atoms with Crippen LogP contribution in [-0.4, -0.2) is 43.4 Å². The second-order valence-electron chi connectivity index (χ2n) is 7.39. The van der Waals surface area contributed by atoms with Gasteiger partial charge in [-0.25, -0.2) is 4.39 Å². The number of carbonyl (C=O) groups is 2. The molecule has 4 rings (SSSR count). The minimum absolute atomic E-state index is 0.0334. The quantitative estimate of drug-likeness (QED) is 0.416. The molecule has 2 N–H and O–H groups in total. The van der Waals surface area contributed by atoms with Crippen molar-refractivity contribution in [2.45, 2.75) is 30.5 Å². The van der Waals surface area contributed by atoms with Gasteiger partial charge in [0.05, 0.1) is 18.0 Å². The highest BCUT2D eigenvalue weighted by molar-refractivity contribution is 5.94. The third-order valence-electron chi connectivity index (χ3n) is 4.98. The molecule has 1 atom stereocenters. The van der Waals surface area contributed by atoms with E-state index >= 15 is 0 Å². The van der Waals surface area contributed by atoms with E-state index in [9.17, 15) is 19.2 Å². The third kappa shape index (κ3) is 4.46. The maximum atomic E-state index is 13.1. The molecule has 0 saturated heterocycles. The molecule has 1 amide bonds. The molecule has 2 heterocycles. The number of aromatic nitrogens is 4. The largest absolute Gasteiger partial charge is 0.326 e. The van der Waals surface area contributed by atoms with Crippen LogP contribution >= 0.6 is 0 Å². The molecule has 1 saturated carbocycles. The van der Waals surface area contributed by atoms with Crippen molar-refractivity contribution in [1.29, 1.82) is 5.26 Å². The van der Waals surface area contributed by atoms with Crippen molar-refractivity contribution >= 4 is 12.2 Å². The molecule has 0 bridgehead atoms. The van der Waals surface area contributed by atoms with Gasteiger partial charge in [0.15, 0.2) is 17.6 Å². The fraction of sp³-hybridized carbons (Fsp3) is 0.238. The summed E-state index contributed by atoms with van der Waals surface area (Å²) >= 11 is 0. The lowest BCUT2D eigenvalue weighted by atomic mass is 9.99. The zero-order valence-corrected chi connectivity index (χ0v) is 16.3. The molecule has 1 aromatic carbocycles. The minimum Gasteiger partial charge on any atom is -0.326 e. The van der Waals surface area contributed by atoms with Crippen LogP contribution in [-0.2, 0) is 11.2 Å². The average Bonchev–Trinajstić information content (AvgIpc) is 3.37. The summed E-state index contributed by atoms with van der Waals surface area (Å²) < 4.78 is 13.1. The normalized spacial score (nSPS) is 16.0. The van der Waals surface area contributed by atoms with Crippen LogP contribution in [0.4, 0.5) is 4.39 Å². The molecule has 1 fully saturated rings. The number of nitrogens with one attached hydrogen (secondary N) is 2.